The Kier molecular flexibility index (Phi) is 6.04. The Labute approximate surface area is 121 Å². The Morgan fingerprint density at radius 3 is 2.89 bits per heavy atom. The van der Waals surface area contributed by atoms with Crippen LogP contribution in [0.2, 0.25) is 0 Å². The van der Waals surface area contributed by atoms with Crippen LogP contribution >= 0.6 is 12.2 Å². The molecular formula is C14H25N3OS. The Balaban J connectivity index is 1.72. The van der Waals surface area contributed by atoms with Crippen LogP contribution in [0.15, 0.2) is 5.10 Å². The van der Waals surface area contributed by atoms with E-state index in [1.54, 1.807) is 7.11 Å². The number of hydrazone groups is 1. The second-order valence-corrected chi connectivity index (χ2v) is 5.99. The molecule has 0 aromatic carbocycles. The monoisotopic (exact) mass is 283 g/mol. The third kappa shape index (κ3) is 4.73. The van der Waals surface area contributed by atoms with Crippen LogP contribution in [0.4, 0.5) is 0 Å². The smallest absolute Gasteiger partial charge is 0.187 e. The summed E-state index contributed by atoms with van der Waals surface area (Å²) in [5.74, 6) is 1.83. The summed E-state index contributed by atoms with van der Waals surface area (Å²) < 4.78 is 4.96. The molecule has 0 spiro atoms. The molecule has 0 unspecified atom stereocenters. The molecule has 2 N–H and O–H groups in total. The molecule has 0 aromatic rings. The third-order valence-electron chi connectivity index (χ3n) is 4.28. The highest BCUT2D eigenvalue weighted by atomic mass is 32.1. The largest absolute Gasteiger partial charge is 0.383 e. The predicted octanol–water partition coefficient (Wildman–Crippen LogP) is 2.44. The minimum Gasteiger partial charge on any atom is -0.383 e. The maximum atomic E-state index is 5.17. The summed E-state index contributed by atoms with van der Waals surface area (Å²) in [6.45, 7) is 1.38. The highest BCUT2D eigenvalue weighted by Gasteiger charge is 2.30. The molecule has 0 heterocycles. The lowest BCUT2D eigenvalue weighted by Crippen LogP contribution is -2.35. The molecule has 0 bridgehead atoms. The van der Waals surface area contributed by atoms with E-state index in [0.717, 1.165) is 24.8 Å². The van der Waals surface area contributed by atoms with Crippen molar-refractivity contribution >= 4 is 23.0 Å². The summed E-state index contributed by atoms with van der Waals surface area (Å²) in [4.78, 5) is 0. The zero-order valence-electron chi connectivity index (χ0n) is 11.8. The summed E-state index contributed by atoms with van der Waals surface area (Å²) >= 11 is 5.17. The van der Waals surface area contributed by atoms with E-state index >= 15 is 0 Å². The maximum Gasteiger partial charge on any atom is 0.187 e. The van der Waals surface area contributed by atoms with Crippen LogP contribution in [0.3, 0.4) is 0 Å². The van der Waals surface area contributed by atoms with Gasteiger partial charge >= 0.3 is 0 Å². The molecule has 5 heteroatoms. The molecule has 108 valence electrons. The average molecular weight is 283 g/mol. The van der Waals surface area contributed by atoms with E-state index in [4.69, 9.17) is 17.0 Å². The standard InChI is InChI=1S/C14H25N3OS/c1-18-9-8-15-14(19)17-16-13-7-6-11-4-2-3-5-12(11)10-13/h11-12H,2-10H2,1H3,(H2,15,17,19)/b16-13-/t11-,12-/m0/s1. The molecule has 19 heavy (non-hydrogen) atoms. The molecule has 2 atom stereocenters. The predicted molar refractivity (Wildman–Crippen MR) is 82.3 cm³/mol. The van der Waals surface area contributed by atoms with Crippen LogP contribution in [0.25, 0.3) is 0 Å². The van der Waals surface area contributed by atoms with Gasteiger partial charge < -0.3 is 10.1 Å². The third-order valence-corrected chi connectivity index (χ3v) is 4.51. The summed E-state index contributed by atoms with van der Waals surface area (Å²) in [7, 11) is 1.68. The first kappa shape index (κ1) is 14.7. The quantitative estimate of drug-likeness (QED) is 0.472. The van der Waals surface area contributed by atoms with Gasteiger partial charge in [-0.25, -0.2) is 0 Å². The second-order valence-electron chi connectivity index (χ2n) is 5.59. The highest BCUT2D eigenvalue weighted by molar-refractivity contribution is 7.80. The molecule has 2 aliphatic carbocycles. The minimum absolute atomic E-state index is 0.593. The number of ether oxygens (including phenoxy) is 1. The van der Waals surface area contributed by atoms with Crippen molar-refractivity contribution in [3.05, 3.63) is 0 Å². The zero-order chi connectivity index (χ0) is 13.5. The van der Waals surface area contributed by atoms with Gasteiger partial charge in [0.15, 0.2) is 5.11 Å². The lowest BCUT2D eigenvalue weighted by Gasteiger charge is -2.35. The van der Waals surface area contributed by atoms with E-state index in [-0.39, 0.29) is 0 Å². The van der Waals surface area contributed by atoms with Gasteiger partial charge in [-0.1, -0.05) is 19.3 Å². The molecule has 2 fully saturated rings. The molecule has 2 aliphatic rings. The zero-order valence-corrected chi connectivity index (χ0v) is 12.6. The van der Waals surface area contributed by atoms with Gasteiger partial charge in [-0.3, -0.25) is 5.43 Å². The van der Waals surface area contributed by atoms with Crippen LogP contribution in [0.5, 0.6) is 0 Å². The molecule has 2 saturated carbocycles. The fourth-order valence-electron chi connectivity index (χ4n) is 3.23. The number of nitrogens with one attached hydrogen (secondary N) is 2. The number of thiocarbonyl (C=S) groups is 1. The van der Waals surface area contributed by atoms with Crippen LogP contribution in [-0.4, -0.2) is 31.1 Å². The minimum atomic E-state index is 0.593. The average Bonchev–Trinajstić information content (AvgIpc) is 2.45. The molecule has 0 aliphatic heterocycles. The van der Waals surface area contributed by atoms with E-state index in [0.29, 0.717) is 11.7 Å². The van der Waals surface area contributed by atoms with Crippen molar-refractivity contribution in [3.63, 3.8) is 0 Å². The van der Waals surface area contributed by atoms with Crippen molar-refractivity contribution in [2.45, 2.75) is 44.9 Å². The first-order valence-electron chi connectivity index (χ1n) is 7.38. The highest BCUT2D eigenvalue weighted by Crippen LogP contribution is 2.39. The van der Waals surface area contributed by atoms with Gasteiger partial charge in [0.1, 0.15) is 0 Å². The van der Waals surface area contributed by atoms with Crippen molar-refractivity contribution in [1.82, 2.24) is 10.7 Å². The van der Waals surface area contributed by atoms with E-state index in [2.05, 4.69) is 15.8 Å². The number of hydrogen-bond donors (Lipinski definition) is 2. The SMILES string of the molecule is COCCNC(=S)N/N=C1/CC[C@@H]2CCCC[C@H]2C1. The maximum absolute atomic E-state index is 5.17. The number of rotatable bonds is 4. The van der Waals surface area contributed by atoms with E-state index in [9.17, 15) is 0 Å². The summed E-state index contributed by atoms with van der Waals surface area (Å²) in [5.41, 5.74) is 4.25. The fraction of sp³-hybridized carbons (Fsp3) is 0.857. The van der Waals surface area contributed by atoms with Gasteiger partial charge in [0, 0.05) is 19.4 Å². The fourth-order valence-corrected chi connectivity index (χ4v) is 3.38. The normalized spacial score (nSPS) is 28.8. The van der Waals surface area contributed by atoms with E-state index in [1.807, 2.05) is 0 Å². The molecule has 0 saturated heterocycles. The number of fused-ring (bicyclic) bond motifs is 1. The van der Waals surface area contributed by atoms with Gasteiger partial charge in [-0.05, 0) is 49.7 Å². The van der Waals surface area contributed by atoms with Crippen molar-refractivity contribution < 1.29 is 4.74 Å². The molecule has 0 radical (unpaired) electrons. The summed E-state index contributed by atoms with van der Waals surface area (Å²) in [6, 6.07) is 0. The second kappa shape index (κ2) is 7.80. The lowest BCUT2D eigenvalue weighted by molar-refractivity contribution is 0.204. The van der Waals surface area contributed by atoms with Crippen molar-refractivity contribution in [3.8, 4) is 0 Å². The van der Waals surface area contributed by atoms with Crippen molar-refractivity contribution in [1.29, 1.82) is 0 Å². The first-order valence-corrected chi connectivity index (χ1v) is 7.78. The number of hydrogen-bond acceptors (Lipinski definition) is 3. The van der Waals surface area contributed by atoms with Gasteiger partial charge in [-0.2, -0.15) is 5.10 Å². The van der Waals surface area contributed by atoms with Crippen LogP contribution in [-0.2, 0) is 4.74 Å². The molecule has 2 rings (SSSR count). The Hall–Kier alpha value is -0.680. The molecule has 4 nitrogen and oxygen atoms in total. The first-order chi connectivity index (χ1) is 9.29. The molecular weight excluding hydrogens is 258 g/mol. The molecule has 0 aromatic heterocycles. The summed E-state index contributed by atoms with van der Waals surface area (Å²) in [5, 5.41) is 8.14. The topological polar surface area (TPSA) is 45.6 Å². The van der Waals surface area contributed by atoms with Crippen molar-refractivity contribution in [2.75, 3.05) is 20.3 Å². The summed E-state index contributed by atoms with van der Waals surface area (Å²) in [6.07, 6.45) is 9.27. The van der Waals surface area contributed by atoms with Gasteiger partial charge in [-0.15, -0.1) is 0 Å². The Morgan fingerprint density at radius 1 is 1.32 bits per heavy atom. The Bertz CT molecular complexity index is 333. The van der Waals surface area contributed by atoms with E-state index in [1.165, 1.54) is 44.2 Å². The number of nitrogens with zero attached hydrogens (tertiary/aromatic N) is 1. The van der Waals surface area contributed by atoms with Gasteiger partial charge in [0.05, 0.1) is 6.61 Å². The van der Waals surface area contributed by atoms with Crippen LogP contribution in [0.1, 0.15) is 44.9 Å². The van der Waals surface area contributed by atoms with Gasteiger partial charge in [0.25, 0.3) is 0 Å². The van der Waals surface area contributed by atoms with Gasteiger partial charge in [0.2, 0.25) is 0 Å². The van der Waals surface area contributed by atoms with Crippen LogP contribution < -0.4 is 10.7 Å². The van der Waals surface area contributed by atoms with Crippen LogP contribution in [0, 0.1) is 11.8 Å². The van der Waals surface area contributed by atoms with E-state index < -0.39 is 0 Å². The molecule has 0 amide bonds. The Morgan fingerprint density at radius 2 is 2.11 bits per heavy atom. The number of methoxy groups -OCH3 is 1. The lowest BCUT2D eigenvalue weighted by atomic mass is 9.70. The van der Waals surface area contributed by atoms with Crippen molar-refractivity contribution in [2.24, 2.45) is 16.9 Å².